The van der Waals surface area contributed by atoms with Gasteiger partial charge in [0.05, 0.1) is 8.07 Å². The highest BCUT2D eigenvalue weighted by Gasteiger charge is 2.37. The van der Waals surface area contributed by atoms with Crippen molar-refractivity contribution in [3.05, 3.63) is 0 Å². The fourth-order valence-corrected chi connectivity index (χ4v) is 3.87. The maximum Gasteiger partial charge on any atom is 0.0531 e. The summed E-state index contributed by atoms with van der Waals surface area (Å²) >= 11 is 0. The topological polar surface area (TPSA) is 12.0 Å². The number of nitrogens with one attached hydrogen (secondary N) is 1. The van der Waals surface area contributed by atoms with E-state index >= 15 is 0 Å². The molecular weight excluding hydrogens is 162 g/mol. The second-order valence-corrected chi connectivity index (χ2v) is 11.5. The Balaban J connectivity index is 2.46. The highest BCUT2D eigenvalue weighted by molar-refractivity contribution is 6.80. The van der Waals surface area contributed by atoms with Crippen molar-refractivity contribution in [2.45, 2.75) is 44.9 Å². The van der Waals surface area contributed by atoms with E-state index in [0.29, 0.717) is 5.04 Å². The maximum absolute atomic E-state index is 3.36. The van der Waals surface area contributed by atoms with E-state index in [2.05, 4.69) is 39.2 Å². The van der Waals surface area contributed by atoms with Crippen LogP contribution in [0.2, 0.25) is 24.2 Å². The van der Waals surface area contributed by atoms with Crippen LogP contribution in [0, 0.1) is 5.92 Å². The summed E-state index contributed by atoms with van der Waals surface area (Å²) in [7, 11) is -0.978. The molecule has 1 N–H and O–H groups in total. The molecule has 1 nitrogen and oxygen atoms in total. The van der Waals surface area contributed by atoms with Crippen molar-refractivity contribution in [1.29, 1.82) is 0 Å². The molecule has 2 heteroatoms. The van der Waals surface area contributed by atoms with Gasteiger partial charge < -0.3 is 5.32 Å². The molecule has 0 radical (unpaired) electrons. The predicted octanol–water partition coefficient (Wildman–Crippen LogP) is 2.71. The molecule has 72 valence electrons. The van der Waals surface area contributed by atoms with E-state index in [1.807, 2.05) is 0 Å². The summed E-state index contributed by atoms with van der Waals surface area (Å²) in [5, 5.41) is 3.93. The van der Waals surface area contributed by atoms with Crippen molar-refractivity contribution in [3.8, 4) is 0 Å². The summed E-state index contributed by atoms with van der Waals surface area (Å²) in [6.45, 7) is 14.8. The second-order valence-electron chi connectivity index (χ2n) is 5.86. The van der Waals surface area contributed by atoms with E-state index in [1.165, 1.54) is 19.1 Å². The molecule has 12 heavy (non-hydrogen) atoms. The predicted molar refractivity (Wildman–Crippen MR) is 58.4 cm³/mol. The van der Waals surface area contributed by atoms with Crippen LogP contribution in [0.25, 0.3) is 0 Å². The molecule has 1 fully saturated rings. The molecular formula is C10H23NSi. The molecule has 0 aromatic carbocycles. The molecule has 0 bridgehead atoms. The van der Waals surface area contributed by atoms with Crippen LogP contribution in [0.1, 0.15) is 20.8 Å². The second kappa shape index (κ2) is 3.15. The van der Waals surface area contributed by atoms with Crippen molar-refractivity contribution in [2.75, 3.05) is 13.1 Å². The molecule has 1 heterocycles. The Kier molecular flexibility index (Phi) is 2.69. The lowest BCUT2D eigenvalue weighted by atomic mass is 10.1. The summed E-state index contributed by atoms with van der Waals surface area (Å²) in [6.07, 6.45) is 0. The molecule has 0 amide bonds. The van der Waals surface area contributed by atoms with Gasteiger partial charge in [0.1, 0.15) is 0 Å². The molecule has 1 aliphatic heterocycles. The Hall–Kier alpha value is 0.177. The van der Waals surface area contributed by atoms with Crippen molar-refractivity contribution < 1.29 is 0 Å². The molecule has 1 aliphatic rings. The molecule has 0 unspecified atom stereocenters. The average molecular weight is 185 g/mol. The lowest BCUT2D eigenvalue weighted by Gasteiger charge is -2.42. The van der Waals surface area contributed by atoms with Crippen molar-refractivity contribution in [3.63, 3.8) is 0 Å². The van der Waals surface area contributed by atoms with Gasteiger partial charge in [0.15, 0.2) is 0 Å². The van der Waals surface area contributed by atoms with Gasteiger partial charge >= 0.3 is 0 Å². The minimum Gasteiger partial charge on any atom is -0.316 e. The Morgan fingerprint density at radius 2 is 1.75 bits per heavy atom. The first-order chi connectivity index (χ1) is 5.33. The van der Waals surface area contributed by atoms with Crippen LogP contribution in [0.5, 0.6) is 0 Å². The molecule has 0 aliphatic carbocycles. The zero-order chi connectivity index (χ0) is 9.41. The van der Waals surface area contributed by atoms with Crippen LogP contribution in [-0.2, 0) is 0 Å². The SMILES string of the molecule is CC(C)(C)[Si](C)(C)CC1CNC1. The smallest absolute Gasteiger partial charge is 0.0531 e. The third-order valence-electron chi connectivity index (χ3n) is 3.70. The van der Waals surface area contributed by atoms with Crippen LogP contribution in [0.4, 0.5) is 0 Å². The summed E-state index contributed by atoms with van der Waals surface area (Å²) in [5.41, 5.74) is 0. The Morgan fingerprint density at radius 3 is 2.00 bits per heavy atom. The van der Waals surface area contributed by atoms with Gasteiger partial charge in [0.25, 0.3) is 0 Å². The van der Waals surface area contributed by atoms with Crippen molar-refractivity contribution in [2.24, 2.45) is 5.92 Å². The molecule has 0 aromatic heterocycles. The average Bonchev–Trinajstić information content (AvgIpc) is 1.76. The molecule has 0 aromatic rings. The van der Waals surface area contributed by atoms with Gasteiger partial charge in [-0.3, -0.25) is 0 Å². The van der Waals surface area contributed by atoms with Crippen LogP contribution < -0.4 is 5.32 Å². The van der Waals surface area contributed by atoms with Crippen molar-refractivity contribution >= 4 is 8.07 Å². The molecule has 1 rings (SSSR count). The first-order valence-corrected chi connectivity index (χ1v) is 8.24. The molecule has 1 saturated heterocycles. The molecule has 0 spiro atoms. The summed E-state index contributed by atoms with van der Waals surface area (Å²) in [6, 6.07) is 1.50. The van der Waals surface area contributed by atoms with Gasteiger partial charge in [-0.05, 0) is 24.0 Å². The first kappa shape index (κ1) is 10.3. The van der Waals surface area contributed by atoms with Gasteiger partial charge in [-0.15, -0.1) is 0 Å². The van der Waals surface area contributed by atoms with E-state index in [-0.39, 0.29) is 0 Å². The third-order valence-corrected chi connectivity index (χ3v) is 9.35. The van der Waals surface area contributed by atoms with Gasteiger partial charge in [-0.1, -0.05) is 39.9 Å². The largest absolute Gasteiger partial charge is 0.316 e. The Labute approximate surface area is 77.9 Å². The third kappa shape index (κ3) is 2.11. The highest BCUT2D eigenvalue weighted by Crippen LogP contribution is 2.40. The van der Waals surface area contributed by atoms with E-state index in [1.54, 1.807) is 0 Å². The van der Waals surface area contributed by atoms with E-state index < -0.39 is 8.07 Å². The van der Waals surface area contributed by atoms with Gasteiger partial charge in [0.2, 0.25) is 0 Å². The van der Waals surface area contributed by atoms with Crippen LogP contribution in [0.3, 0.4) is 0 Å². The van der Waals surface area contributed by atoms with Gasteiger partial charge in [0, 0.05) is 0 Å². The number of hydrogen-bond donors (Lipinski definition) is 1. The lowest BCUT2D eigenvalue weighted by Crippen LogP contribution is -2.48. The normalized spacial score (nSPS) is 20.8. The fraction of sp³-hybridized carbons (Fsp3) is 1.00. The van der Waals surface area contributed by atoms with Gasteiger partial charge in [-0.2, -0.15) is 0 Å². The molecule has 0 atom stereocenters. The fourth-order valence-electron chi connectivity index (χ4n) is 1.52. The van der Waals surface area contributed by atoms with E-state index in [9.17, 15) is 0 Å². The minimum atomic E-state index is -0.978. The van der Waals surface area contributed by atoms with E-state index in [0.717, 1.165) is 5.92 Å². The summed E-state index contributed by atoms with van der Waals surface area (Å²) < 4.78 is 0. The standard InChI is InChI=1S/C10H23NSi/c1-10(2,3)12(4,5)8-9-6-11-7-9/h9,11H,6-8H2,1-5H3. The highest BCUT2D eigenvalue weighted by atomic mass is 28.3. The van der Waals surface area contributed by atoms with Crippen LogP contribution in [0.15, 0.2) is 0 Å². The zero-order valence-electron chi connectivity index (χ0n) is 9.20. The summed E-state index contributed by atoms with van der Waals surface area (Å²) in [4.78, 5) is 0. The minimum absolute atomic E-state index is 0.572. The van der Waals surface area contributed by atoms with Gasteiger partial charge in [-0.25, -0.2) is 0 Å². The molecule has 0 saturated carbocycles. The summed E-state index contributed by atoms with van der Waals surface area (Å²) in [5.74, 6) is 0.992. The van der Waals surface area contributed by atoms with Crippen LogP contribution in [-0.4, -0.2) is 21.2 Å². The first-order valence-electron chi connectivity index (χ1n) is 5.04. The maximum atomic E-state index is 3.36. The number of hydrogen-bond acceptors (Lipinski definition) is 1. The monoisotopic (exact) mass is 185 g/mol. The zero-order valence-corrected chi connectivity index (χ0v) is 10.2. The quantitative estimate of drug-likeness (QED) is 0.652. The van der Waals surface area contributed by atoms with Crippen molar-refractivity contribution in [1.82, 2.24) is 5.32 Å². The van der Waals surface area contributed by atoms with Crippen LogP contribution >= 0.6 is 0 Å². The number of rotatable bonds is 2. The Morgan fingerprint density at radius 1 is 1.25 bits per heavy atom. The lowest BCUT2D eigenvalue weighted by molar-refractivity contribution is 0.371. The van der Waals surface area contributed by atoms with E-state index in [4.69, 9.17) is 0 Å². The Bertz CT molecular complexity index is 154.